The van der Waals surface area contributed by atoms with Gasteiger partial charge in [-0.25, -0.2) is 4.68 Å². The molecule has 7 nitrogen and oxygen atoms in total. The Bertz CT molecular complexity index is 736. The normalized spacial score (nSPS) is 10.5. The van der Waals surface area contributed by atoms with Gasteiger partial charge in [0.15, 0.2) is 0 Å². The van der Waals surface area contributed by atoms with Gasteiger partial charge in [-0.15, -0.1) is 5.10 Å². The topological polar surface area (TPSA) is 91.2 Å². The van der Waals surface area contributed by atoms with Crippen molar-refractivity contribution in [2.75, 3.05) is 0 Å². The molecule has 0 fully saturated rings. The second-order valence-corrected chi connectivity index (χ2v) is 4.28. The van der Waals surface area contributed by atoms with Crippen LogP contribution in [0.2, 0.25) is 0 Å². The monoisotopic (exact) mass is 275 g/mol. The standard InChI is InChI=1S/C13H13N3O4/c1-8(17)5-7-16-13(19)10-4-3-6-14-11(10)12(15-16)20-9(2)18/h3-4,6H,5,7H2,1-2H3. The number of ether oxygens (including phenoxy) is 1. The fraction of sp³-hybridized carbons (Fsp3) is 0.308. The van der Waals surface area contributed by atoms with E-state index < -0.39 is 5.97 Å². The molecular weight excluding hydrogens is 262 g/mol. The van der Waals surface area contributed by atoms with Crippen LogP contribution < -0.4 is 10.3 Å². The minimum atomic E-state index is -0.554. The number of carbonyl (C=O) groups excluding carboxylic acids is 2. The first-order chi connectivity index (χ1) is 9.49. The number of pyridine rings is 1. The summed E-state index contributed by atoms with van der Waals surface area (Å²) in [6.07, 6.45) is 1.66. The maximum Gasteiger partial charge on any atom is 0.309 e. The van der Waals surface area contributed by atoms with Crippen molar-refractivity contribution in [2.45, 2.75) is 26.8 Å². The van der Waals surface area contributed by atoms with Gasteiger partial charge in [0.25, 0.3) is 11.4 Å². The van der Waals surface area contributed by atoms with Crippen LogP contribution in [0.4, 0.5) is 0 Å². The number of hydrogen-bond acceptors (Lipinski definition) is 6. The summed E-state index contributed by atoms with van der Waals surface area (Å²) < 4.78 is 6.09. The summed E-state index contributed by atoms with van der Waals surface area (Å²) in [4.78, 5) is 38.3. The van der Waals surface area contributed by atoms with E-state index in [-0.39, 0.29) is 35.7 Å². The molecule has 0 aliphatic heterocycles. The van der Waals surface area contributed by atoms with Gasteiger partial charge in [-0.3, -0.25) is 19.4 Å². The first-order valence-electron chi connectivity index (χ1n) is 6.02. The number of rotatable bonds is 4. The number of ketones is 1. The molecule has 0 bridgehead atoms. The van der Waals surface area contributed by atoms with Gasteiger partial charge < -0.3 is 4.74 Å². The Morgan fingerprint density at radius 1 is 1.35 bits per heavy atom. The fourth-order valence-electron chi connectivity index (χ4n) is 1.71. The van der Waals surface area contributed by atoms with E-state index in [4.69, 9.17) is 4.74 Å². The van der Waals surface area contributed by atoms with Gasteiger partial charge in [0.1, 0.15) is 11.3 Å². The Hall–Kier alpha value is -2.57. The van der Waals surface area contributed by atoms with E-state index in [1.54, 1.807) is 12.1 Å². The molecule has 20 heavy (non-hydrogen) atoms. The van der Waals surface area contributed by atoms with E-state index in [2.05, 4.69) is 10.1 Å². The van der Waals surface area contributed by atoms with E-state index >= 15 is 0 Å². The highest BCUT2D eigenvalue weighted by Crippen LogP contribution is 2.17. The predicted molar refractivity (Wildman–Crippen MR) is 70.4 cm³/mol. The summed E-state index contributed by atoms with van der Waals surface area (Å²) >= 11 is 0. The quantitative estimate of drug-likeness (QED) is 0.763. The Balaban J connectivity index is 2.58. The lowest BCUT2D eigenvalue weighted by molar-refractivity contribution is -0.132. The molecule has 2 rings (SSSR count). The van der Waals surface area contributed by atoms with Gasteiger partial charge in [0.05, 0.1) is 11.9 Å². The van der Waals surface area contributed by atoms with Crippen LogP contribution in [-0.4, -0.2) is 26.5 Å². The van der Waals surface area contributed by atoms with Crippen molar-refractivity contribution < 1.29 is 14.3 Å². The zero-order valence-corrected chi connectivity index (χ0v) is 11.1. The number of esters is 1. The van der Waals surface area contributed by atoms with Gasteiger partial charge in [0.2, 0.25) is 0 Å². The molecule has 104 valence electrons. The molecule has 0 aromatic carbocycles. The number of Topliss-reactive ketones (excluding diaryl/α,β-unsaturated/α-hetero) is 1. The van der Waals surface area contributed by atoms with Crippen molar-refractivity contribution >= 4 is 22.7 Å². The lowest BCUT2D eigenvalue weighted by Gasteiger charge is -2.08. The summed E-state index contributed by atoms with van der Waals surface area (Å²) in [5.41, 5.74) is -0.142. The number of aromatic nitrogens is 3. The summed E-state index contributed by atoms with van der Waals surface area (Å²) in [6.45, 7) is 2.80. The lowest BCUT2D eigenvalue weighted by atomic mass is 10.3. The van der Waals surface area contributed by atoms with Crippen LogP contribution in [-0.2, 0) is 16.1 Å². The minimum absolute atomic E-state index is 0.0312. The van der Waals surface area contributed by atoms with E-state index in [0.29, 0.717) is 5.39 Å². The largest absolute Gasteiger partial charge is 0.404 e. The average Bonchev–Trinajstić information content (AvgIpc) is 2.40. The van der Waals surface area contributed by atoms with Crippen LogP contribution >= 0.6 is 0 Å². The van der Waals surface area contributed by atoms with Crippen molar-refractivity contribution in [1.29, 1.82) is 0 Å². The summed E-state index contributed by atoms with van der Waals surface area (Å²) in [6, 6.07) is 3.18. The third-order valence-corrected chi connectivity index (χ3v) is 2.60. The van der Waals surface area contributed by atoms with Crippen LogP contribution in [0, 0.1) is 0 Å². The number of fused-ring (bicyclic) bond motifs is 1. The van der Waals surface area contributed by atoms with E-state index in [1.165, 1.54) is 20.0 Å². The highest BCUT2D eigenvalue weighted by atomic mass is 16.5. The van der Waals surface area contributed by atoms with E-state index in [0.717, 1.165) is 4.68 Å². The molecule has 0 unspecified atom stereocenters. The molecule has 2 heterocycles. The van der Waals surface area contributed by atoms with Crippen molar-refractivity contribution in [1.82, 2.24) is 14.8 Å². The summed E-state index contributed by atoms with van der Waals surface area (Å²) in [5.74, 6) is -0.642. The van der Waals surface area contributed by atoms with Crippen LogP contribution in [0.25, 0.3) is 10.9 Å². The number of carbonyl (C=O) groups is 2. The van der Waals surface area contributed by atoms with Crippen LogP contribution in [0.1, 0.15) is 20.3 Å². The van der Waals surface area contributed by atoms with Gasteiger partial charge in [-0.1, -0.05) is 0 Å². The maximum atomic E-state index is 12.2. The highest BCUT2D eigenvalue weighted by Gasteiger charge is 2.14. The molecule has 0 atom stereocenters. The zero-order chi connectivity index (χ0) is 14.7. The molecule has 0 saturated carbocycles. The molecule has 2 aromatic heterocycles. The Kier molecular flexibility index (Phi) is 3.88. The first kappa shape index (κ1) is 13.9. The second kappa shape index (κ2) is 5.60. The van der Waals surface area contributed by atoms with Gasteiger partial charge in [-0.2, -0.15) is 0 Å². The molecule has 0 aliphatic rings. The maximum absolute atomic E-state index is 12.2. The third kappa shape index (κ3) is 2.87. The average molecular weight is 275 g/mol. The molecule has 2 aromatic rings. The molecular formula is C13H13N3O4. The van der Waals surface area contributed by atoms with Crippen LogP contribution in [0.5, 0.6) is 5.88 Å². The number of nitrogens with zero attached hydrogens (tertiary/aromatic N) is 3. The first-order valence-corrected chi connectivity index (χ1v) is 6.02. The zero-order valence-electron chi connectivity index (χ0n) is 11.1. The van der Waals surface area contributed by atoms with Crippen molar-refractivity contribution in [3.63, 3.8) is 0 Å². The highest BCUT2D eigenvalue weighted by molar-refractivity contribution is 5.84. The Labute approximate surface area is 114 Å². The SMILES string of the molecule is CC(=O)CCn1nc(OC(C)=O)c2ncccc2c1=O. The molecule has 0 amide bonds. The molecule has 0 spiro atoms. The molecule has 0 saturated heterocycles. The molecule has 7 heteroatoms. The minimum Gasteiger partial charge on any atom is -0.404 e. The van der Waals surface area contributed by atoms with E-state index in [9.17, 15) is 14.4 Å². The lowest BCUT2D eigenvalue weighted by Crippen LogP contribution is -2.25. The Morgan fingerprint density at radius 3 is 2.75 bits per heavy atom. The van der Waals surface area contributed by atoms with Crippen LogP contribution in [0.3, 0.4) is 0 Å². The van der Waals surface area contributed by atoms with Crippen molar-refractivity contribution in [2.24, 2.45) is 0 Å². The Morgan fingerprint density at radius 2 is 2.10 bits per heavy atom. The van der Waals surface area contributed by atoms with E-state index in [1.807, 2.05) is 0 Å². The van der Waals surface area contributed by atoms with Gasteiger partial charge in [-0.05, 0) is 19.1 Å². The number of hydrogen-bond donors (Lipinski definition) is 0. The van der Waals surface area contributed by atoms with Crippen LogP contribution in [0.15, 0.2) is 23.1 Å². The molecule has 0 N–H and O–H groups in total. The smallest absolute Gasteiger partial charge is 0.309 e. The second-order valence-electron chi connectivity index (χ2n) is 4.28. The third-order valence-electron chi connectivity index (χ3n) is 2.60. The summed E-state index contributed by atoms with van der Waals surface area (Å²) in [5, 5.41) is 4.25. The van der Waals surface area contributed by atoms with Gasteiger partial charge >= 0.3 is 5.97 Å². The fourth-order valence-corrected chi connectivity index (χ4v) is 1.71. The van der Waals surface area contributed by atoms with Crippen molar-refractivity contribution in [3.8, 4) is 5.88 Å². The predicted octanol–water partition coefficient (Wildman–Crippen LogP) is 0.696. The number of aryl methyl sites for hydroxylation is 1. The van der Waals surface area contributed by atoms with Crippen molar-refractivity contribution in [3.05, 3.63) is 28.7 Å². The molecule has 0 radical (unpaired) electrons. The summed E-state index contributed by atoms with van der Waals surface area (Å²) in [7, 11) is 0. The van der Waals surface area contributed by atoms with Gasteiger partial charge in [0, 0.05) is 19.5 Å². The molecule has 0 aliphatic carbocycles.